The van der Waals surface area contributed by atoms with Gasteiger partial charge in [0, 0.05) is 25.6 Å². The molecule has 0 amide bonds. The van der Waals surface area contributed by atoms with E-state index in [-0.39, 0.29) is 12.3 Å². The number of hydrogen-bond donors (Lipinski definition) is 2. The summed E-state index contributed by atoms with van der Waals surface area (Å²) in [5, 5.41) is 3.30. The van der Waals surface area contributed by atoms with Crippen molar-refractivity contribution in [2.45, 2.75) is 51.9 Å². The zero-order chi connectivity index (χ0) is 21.2. The summed E-state index contributed by atoms with van der Waals surface area (Å²) in [6.07, 6.45) is 9.88. The van der Waals surface area contributed by atoms with Crippen LogP contribution in [0.2, 0.25) is 0 Å². The summed E-state index contributed by atoms with van der Waals surface area (Å²) >= 11 is 0. The highest BCUT2D eigenvalue weighted by molar-refractivity contribution is 5.97. The third-order valence-electron chi connectivity index (χ3n) is 5.55. The van der Waals surface area contributed by atoms with Gasteiger partial charge in [0.05, 0.1) is 18.9 Å². The van der Waals surface area contributed by atoms with E-state index in [1.54, 1.807) is 6.08 Å². The fourth-order valence-electron chi connectivity index (χ4n) is 3.90. The molecule has 1 saturated heterocycles. The molecule has 1 aromatic rings. The highest BCUT2D eigenvalue weighted by atomic mass is 16.1. The molecule has 7 heteroatoms. The summed E-state index contributed by atoms with van der Waals surface area (Å²) in [5.41, 5.74) is 7.21. The molecular weight excluding hydrogens is 364 g/mol. The summed E-state index contributed by atoms with van der Waals surface area (Å²) in [4.78, 5) is 22.3. The van der Waals surface area contributed by atoms with Gasteiger partial charge in [-0.1, -0.05) is 31.7 Å². The van der Waals surface area contributed by atoms with Crippen LogP contribution in [0, 0.1) is 0 Å². The smallest absolute Gasteiger partial charge is 0.194 e. The Labute approximate surface area is 175 Å². The fourth-order valence-corrected chi connectivity index (χ4v) is 3.90. The number of nitrogens with zero attached hydrogens (tertiary/aromatic N) is 4. The maximum atomic E-state index is 12.7. The number of likely N-dealkylation sites (tertiary alicyclic amines) is 1. The Bertz CT molecular complexity index is 694. The lowest BCUT2D eigenvalue weighted by atomic mass is 10.1. The minimum atomic E-state index is -0.0506. The van der Waals surface area contributed by atoms with Crippen LogP contribution in [0.15, 0.2) is 24.8 Å². The van der Waals surface area contributed by atoms with Gasteiger partial charge in [-0.15, -0.1) is 0 Å². The summed E-state index contributed by atoms with van der Waals surface area (Å²) in [6.45, 7) is 9.91. The van der Waals surface area contributed by atoms with Crippen molar-refractivity contribution in [1.82, 2.24) is 24.7 Å². The zero-order valence-corrected chi connectivity index (χ0v) is 18.4. The Kier molecular flexibility index (Phi) is 9.73. The number of ketones is 1. The summed E-state index contributed by atoms with van der Waals surface area (Å²) in [5.74, 6) is 0.853. The molecule has 2 rings (SSSR count). The highest BCUT2D eigenvalue weighted by Crippen LogP contribution is 2.19. The zero-order valence-electron chi connectivity index (χ0n) is 18.4. The number of carbonyl (C=O) groups excluding carboxylic acids is 1. The molecule has 2 heterocycles. The molecule has 29 heavy (non-hydrogen) atoms. The third kappa shape index (κ3) is 6.60. The summed E-state index contributed by atoms with van der Waals surface area (Å²) in [7, 11) is 4.32. The predicted molar refractivity (Wildman–Crippen MR) is 119 cm³/mol. The Morgan fingerprint density at radius 3 is 2.83 bits per heavy atom. The number of nitrogens with one attached hydrogen (secondary N) is 1. The summed E-state index contributed by atoms with van der Waals surface area (Å²) < 4.78 is 2.09. The average molecular weight is 403 g/mol. The van der Waals surface area contributed by atoms with Crippen molar-refractivity contribution in [1.29, 1.82) is 0 Å². The van der Waals surface area contributed by atoms with Crippen molar-refractivity contribution in [3.63, 3.8) is 0 Å². The van der Waals surface area contributed by atoms with Crippen LogP contribution in [0.5, 0.6) is 0 Å². The number of imidazole rings is 1. The molecule has 0 aliphatic carbocycles. The van der Waals surface area contributed by atoms with Crippen LogP contribution in [-0.2, 0) is 19.6 Å². The number of rotatable bonds is 11. The number of carbonyl (C=O) groups is 1. The van der Waals surface area contributed by atoms with Crippen molar-refractivity contribution in [2.24, 2.45) is 5.73 Å². The molecule has 0 saturated carbocycles. The first-order valence-electron chi connectivity index (χ1n) is 10.7. The van der Waals surface area contributed by atoms with Crippen molar-refractivity contribution in [2.75, 3.05) is 40.3 Å². The summed E-state index contributed by atoms with van der Waals surface area (Å²) in [6, 6.07) is 0.618. The second-order valence-electron chi connectivity index (χ2n) is 7.83. The standard InChI is InChI=1S/C22H38N6O/c1-5-7-8-11-21-25-19(16-24-6-2)22(20(29)15-23)28(21)17-27-13-9-10-18(12-14-27)26(3)4/h5,7-8,18,24H,1,6,9-17,23H2,2-4H3/b8-7-. The number of Topliss-reactive ketones (excluding diaryl/α,β-unsaturated/α-hetero) is 1. The average Bonchev–Trinajstić information content (AvgIpc) is 2.87. The van der Waals surface area contributed by atoms with Crippen molar-refractivity contribution in [3.05, 3.63) is 42.0 Å². The van der Waals surface area contributed by atoms with E-state index in [1.807, 2.05) is 19.1 Å². The molecule has 0 spiro atoms. The van der Waals surface area contributed by atoms with Crippen LogP contribution < -0.4 is 11.1 Å². The molecule has 0 bridgehead atoms. The second-order valence-corrected chi connectivity index (χ2v) is 7.83. The first-order chi connectivity index (χ1) is 14.0. The lowest BCUT2D eigenvalue weighted by Gasteiger charge is -2.24. The molecule has 1 unspecified atom stereocenters. The van der Waals surface area contributed by atoms with Crippen LogP contribution >= 0.6 is 0 Å². The Morgan fingerprint density at radius 2 is 2.17 bits per heavy atom. The maximum Gasteiger partial charge on any atom is 0.194 e. The number of aromatic nitrogens is 2. The van der Waals surface area contributed by atoms with Gasteiger partial charge in [0.2, 0.25) is 0 Å². The molecule has 3 N–H and O–H groups in total. The minimum Gasteiger partial charge on any atom is -0.324 e. The lowest BCUT2D eigenvalue weighted by molar-refractivity contribution is 0.0984. The molecule has 7 nitrogen and oxygen atoms in total. The fraction of sp³-hybridized carbons (Fsp3) is 0.636. The van der Waals surface area contributed by atoms with Gasteiger partial charge >= 0.3 is 0 Å². The SMILES string of the molecule is C=C/C=C\Cc1nc(CNCC)c(C(=O)CN)n1CN1CCCC(N(C)C)CC1. The number of allylic oxidation sites excluding steroid dienone is 3. The van der Waals surface area contributed by atoms with Gasteiger partial charge in [0.15, 0.2) is 5.78 Å². The highest BCUT2D eigenvalue weighted by Gasteiger charge is 2.24. The van der Waals surface area contributed by atoms with E-state index in [1.165, 1.54) is 6.42 Å². The first kappa shape index (κ1) is 23.5. The van der Waals surface area contributed by atoms with E-state index in [4.69, 9.17) is 10.7 Å². The lowest BCUT2D eigenvalue weighted by Crippen LogP contribution is -2.33. The van der Waals surface area contributed by atoms with Gasteiger partial charge < -0.3 is 20.5 Å². The Hall–Kier alpha value is -1.80. The molecule has 162 valence electrons. The van der Waals surface area contributed by atoms with Gasteiger partial charge in [-0.2, -0.15) is 0 Å². The predicted octanol–water partition coefficient (Wildman–Crippen LogP) is 1.79. The van der Waals surface area contributed by atoms with E-state index in [9.17, 15) is 4.79 Å². The van der Waals surface area contributed by atoms with Crippen molar-refractivity contribution >= 4 is 5.78 Å². The van der Waals surface area contributed by atoms with Gasteiger partial charge in [-0.05, 0) is 46.4 Å². The maximum absolute atomic E-state index is 12.7. The van der Waals surface area contributed by atoms with Crippen LogP contribution in [-0.4, -0.2) is 71.5 Å². The van der Waals surface area contributed by atoms with Crippen LogP contribution in [0.1, 0.15) is 48.2 Å². The molecule has 1 fully saturated rings. The van der Waals surface area contributed by atoms with Gasteiger partial charge in [-0.3, -0.25) is 9.69 Å². The normalized spacial score (nSPS) is 18.4. The number of hydrogen-bond acceptors (Lipinski definition) is 6. The van der Waals surface area contributed by atoms with E-state index in [0.717, 1.165) is 44.0 Å². The Balaban J connectivity index is 2.32. The van der Waals surface area contributed by atoms with E-state index >= 15 is 0 Å². The topological polar surface area (TPSA) is 79.4 Å². The molecule has 1 aliphatic rings. The molecular formula is C22H38N6O. The van der Waals surface area contributed by atoms with E-state index in [0.29, 0.717) is 31.4 Å². The van der Waals surface area contributed by atoms with Gasteiger partial charge in [-0.25, -0.2) is 4.98 Å². The minimum absolute atomic E-state index is 0.00451. The van der Waals surface area contributed by atoms with Crippen molar-refractivity contribution < 1.29 is 4.79 Å². The third-order valence-corrected chi connectivity index (χ3v) is 5.55. The molecule has 0 aromatic carbocycles. The molecule has 0 radical (unpaired) electrons. The first-order valence-corrected chi connectivity index (χ1v) is 10.7. The van der Waals surface area contributed by atoms with E-state index < -0.39 is 0 Å². The van der Waals surface area contributed by atoms with Crippen LogP contribution in [0.3, 0.4) is 0 Å². The van der Waals surface area contributed by atoms with Gasteiger partial charge in [0.1, 0.15) is 11.5 Å². The van der Waals surface area contributed by atoms with Gasteiger partial charge in [0.25, 0.3) is 0 Å². The molecule has 1 atom stereocenters. The number of nitrogens with two attached hydrogens (primary N) is 1. The van der Waals surface area contributed by atoms with E-state index in [2.05, 4.69) is 40.4 Å². The largest absolute Gasteiger partial charge is 0.324 e. The van der Waals surface area contributed by atoms with Crippen LogP contribution in [0.25, 0.3) is 0 Å². The van der Waals surface area contributed by atoms with Crippen LogP contribution in [0.4, 0.5) is 0 Å². The molecule has 1 aliphatic heterocycles. The molecule has 1 aromatic heterocycles. The van der Waals surface area contributed by atoms with Crippen molar-refractivity contribution in [3.8, 4) is 0 Å². The quantitative estimate of drug-likeness (QED) is 0.434. The monoisotopic (exact) mass is 402 g/mol. The Morgan fingerprint density at radius 1 is 1.38 bits per heavy atom. The second kappa shape index (κ2) is 12.0.